The fraction of sp³-hybridized carbons (Fsp3) is 0.0714. The smallest absolute Gasteiger partial charge is 0.267 e. The van der Waals surface area contributed by atoms with Gasteiger partial charge in [-0.2, -0.15) is 5.26 Å². The molecule has 110 valence electrons. The normalized spacial score (nSPS) is 19.4. The number of halogens is 1. The van der Waals surface area contributed by atoms with E-state index in [9.17, 15) is 20.0 Å². The number of H-pyrrole nitrogens is 1. The number of hydrogen-bond acceptors (Lipinski definition) is 5. The molecule has 0 bridgehead atoms. The van der Waals surface area contributed by atoms with E-state index < -0.39 is 17.2 Å². The second-order valence-corrected chi connectivity index (χ2v) is 5.69. The number of nitrogens with zero attached hydrogens (tertiary/aromatic N) is 1. The number of fused-ring (bicyclic) bond motifs is 1. The molecule has 0 saturated carbocycles. The summed E-state index contributed by atoms with van der Waals surface area (Å²) >= 11 is 3.27. The Morgan fingerprint density at radius 3 is 2.50 bits per heavy atom. The van der Waals surface area contributed by atoms with Crippen LogP contribution in [0.25, 0.3) is 0 Å². The van der Waals surface area contributed by atoms with Gasteiger partial charge in [-0.25, -0.2) is 0 Å². The largest absolute Gasteiger partial charge is 0.385 e. The number of aromatic nitrogens is 1. The van der Waals surface area contributed by atoms with Crippen LogP contribution in [0.1, 0.15) is 27.0 Å². The molecule has 22 heavy (non-hydrogen) atoms. The van der Waals surface area contributed by atoms with Crippen molar-refractivity contribution < 1.29 is 9.90 Å². The molecule has 1 aromatic heterocycles. The van der Waals surface area contributed by atoms with Crippen molar-refractivity contribution in [1.29, 1.82) is 5.26 Å². The van der Waals surface area contributed by atoms with Gasteiger partial charge in [0.25, 0.3) is 11.5 Å². The number of nitriles is 1. The summed E-state index contributed by atoms with van der Waals surface area (Å²) in [5.41, 5.74) is 2.66. The van der Waals surface area contributed by atoms with Gasteiger partial charge in [-0.05, 0) is 12.1 Å². The number of nitrogens with two attached hydrogens (primary N) is 1. The molecule has 1 amide bonds. The van der Waals surface area contributed by atoms with E-state index in [0.717, 1.165) is 4.47 Å². The molecule has 2 aromatic rings. The first-order valence-corrected chi connectivity index (χ1v) is 6.95. The van der Waals surface area contributed by atoms with Crippen LogP contribution in [0.4, 0.5) is 5.82 Å². The van der Waals surface area contributed by atoms with Crippen molar-refractivity contribution in [2.45, 2.75) is 5.72 Å². The van der Waals surface area contributed by atoms with E-state index in [4.69, 9.17) is 5.73 Å². The van der Waals surface area contributed by atoms with Crippen molar-refractivity contribution in [2.24, 2.45) is 0 Å². The topological polar surface area (TPSA) is 132 Å². The Bertz CT molecular complexity index is 898. The first kappa shape index (κ1) is 14.3. The zero-order valence-electron chi connectivity index (χ0n) is 11.0. The number of carbonyl (C=O) groups is 1. The van der Waals surface area contributed by atoms with Crippen molar-refractivity contribution >= 4 is 27.7 Å². The van der Waals surface area contributed by atoms with Crippen molar-refractivity contribution in [3.8, 4) is 6.07 Å². The van der Waals surface area contributed by atoms with Gasteiger partial charge in [-0.3, -0.25) is 9.59 Å². The highest BCUT2D eigenvalue weighted by atomic mass is 79.9. The molecule has 2 heterocycles. The van der Waals surface area contributed by atoms with E-state index in [1.165, 1.54) is 0 Å². The lowest BCUT2D eigenvalue weighted by atomic mass is 9.91. The van der Waals surface area contributed by atoms with Crippen molar-refractivity contribution in [3.63, 3.8) is 0 Å². The average molecular weight is 361 g/mol. The van der Waals surface area contributed by atoms with Crippen LogP contribution in [0.2, 0.25) is 0 Å². The predicted molar refractivity (Wildman–Crippen MR) is 80.8 cm³/mol. The number of carbonyl (C=O) groups excluding carboxylic acids is 1. The molecule has 7 nitrogen and oxygen atoms in total. The summed E-state index contributed by atoms with van der Waals surface area (Å²) in [4.78, 5) is 26.3. The molecule has 1 unspecified atom stereocenters. The van der Waals surface area contributed by atoms with E-state index in [2.05, 4.69) is 26.2 Å². The zero-order chi connectivity index (χ0) is 16.1. The van der Waals surface area contributed by atoms with Crippen LogP contribution in [-0.4, -0.2) is 16.0 Å². The van der Waals surface area contributed by atoms with Gasteiger partial charge in [0.1, 0.15) is 17.5 Å². The summed E-state index contributed by atoms with van der Waals surface area (Å²) in [5, 5.41) is 22.5. The summed E-state index contributed by atoms with van der Waals surface area (Å²) in [6.45, 7) is 0. The van der Waals surface area contributed by atoms with E-state index in [0.29, 0.717) is 5.56 Å². The van der Waals surface area contributed by atoms with E-state index in [1.54, 1.807) is 30.3 Å². The molecule has 8 heteroatoms. The number of aromatic amines is 1. The maximum atomic E-state index is 12.1. The lowest BCUT2D eigenvalue weighted by Gasteiger charge is -2.25. The van der Waals surface area contributed by atoms with Gasteiger partial charge in [0.2, 0.25) is 0 Å². The monoisotopic (exact) mass is 360 g/mol. The minimum atomic E-state index is -1.99. The highest BCUT2D eigenvalue weighted by Gasteiger charge is 2.47. The third-order valence-corrected chi connectivity index (χ3v) is 4.03. The SMILES string of the molecule is N#Cc1c2c(c(N)[nH]c1=O)C(=O)NC2(O)c1ccc(Br)cc1. The zero-order valence-corrected chi connectivity index (χ0v) is 12.6. The van der Waals surface area contributed by atoms with Crippen LogP contribution in [0.15, 0.2) is 33.5 Å². The van der Waals surface area contributed by atoms with Crippen molar-refractivity contribution in [1.82, 2.24) is 10.3 Å². The molecule has 1 aliphatic rings. The summed E-state index contributed by atoms with van der Waals surface area (Å²) in [7, 11) is 0. The van der Waals surface area contributed by atoms with Crippen LogP contribution >= 0.6 is 15.9 Å². The average Bonchev–Trinajstić information content (AvgIpc) is 2.73. The van der Waals surface area contributed by atoms with Gasteiger partial charge >= 0.3 is 0 Å². The van der Waals surface area contributed by atoms with Gasteiger partial charge in [0.05, 0.1) is 5.56 Å². The minimum absolute atomic E-state index is 0.0958. The maximum Gasteiger partial charge on any atom is 0.267 e. The van der Waals surface area contributed by atoms with Crippen molar-refractivity contribution in [3.05, 3.63) is 61.3 Å². The second-order valence-electron chi connectivity index (χ2n) is 4.78. The second kappa shape index (κ2) is 4.69. The highest BCUT2D eigenvalue weighted by molar-refractivity contribution is 9.10. The number of pyridine rings is 1. The minimum Gasteiger partial charge on any atom is -0.385 e. The molecule has 1 aliphatic heterocycles. The molecule has 0 radical (unpaired) electrons. The third kappa shape index (κ3) is 1.83. The highest BCUT2D eigenvalue weighted by Crippen LogP contribution is 2.38. The van der Waals surface area contributed by atoms with E-state index >= 15 is 0 Å². The third-order valence-electron chi connectivity index (χ3n) is 3.50. The lowest BCUT2D eigenvalue weighted by molar-refractivity contribution is 0.0474. The number of amides is 1. The Morgan fingerprint density at radius 2 is 1.91 bits per heavy atom. The molecule has 3 rings (SSSR count). The standard InChI is InChI=1S/C14H9BrN4O3/c15-7-3-1-6(2-4-7)14(22)10-8(5-16)12(20)18-11(17)9(10)13(21)19-14/h1-4,22H,(H,19,21)(H3,17,18,20). The van der Waals surface area contributed by atoms with Gasteiger partial charge < -0.3 is 21.1 Å². The fourth-order valence-corrected chi connectivity index (χ4v) is 2.79. The maximum absolute atomic E-state index is 12.1. The van der Waals surface area contributed by atoms with Gasteiger partial charge in [0, 0.05) is 15.6 Å². The Kier molecular flexibility index (Phi) is 3.05. The van der Waals surface area contributed by atoms with Gasteiger partial charge in [0.15, 0.2) is 5.72 Å². The quantitative estimate of drug-likeness (QED) is 0.588. The number of aliphatic hydroxyl groups is 1. The molecule has 0 spiro atoms. The van der Waals surface area contributed by atoms with Crippen LogP contribution in [0.3, 0.4) is 0 Å². The summed E-state index contributed by atoms with van der Waals surface area (Å²) in [5.74, 6) is -0.852. The lowest BCUT2D eigenvalue weighted by Crippen LogP contribution is -2.41. The first-order valence-electron chi connectivity index (χ1n) is 6.15. The van der Waals surface area contributed by atoms with Crippen LogP contribution in [0, 0.1) is 11.3 Å². The Labute approximate surface area is 132 Å². The summed E-state index contributed by atoms with van der Waals surface area (Å²) < 4.78 is 0.773. The number of nitrogens with one attached hydrogen (secondary N) is 2. The van der Waals surface area contributed by atoms with Crippen LogP contribution < -0.4 is 16.6 Å². The number of hydrogen-bond donors (Lipinski definition) is 4. The van der Waals surface area contributed by atoms with Gasteiger partial charge in [-0.1, -0.05) is 28.1 Å². The molecule has 1 atom stereocenters. The summed E-state index contributed by atoms with van der Waals surface area (Å²) in [6.07, 6.45) is 0. The van der Waals surface area contributed by atoms with Crippen LogP contribution in [0.5, 0.6) is 0 Å². The molecule has 0 fully saturated rings. The molecule has 0 aliphatic carbocycles. The Balaban J connectivity index is 2.38. The fourth-order valence-electron chi connectivity index (χ4n) is 2.52. The van der Waals surface area contributed by atoms with E-state index in [-0.39, 0.29) is 22.5 Å². The van der Waals surface area contributed by atoms with E-state index in [1.807, 2.05) is 0 Å². The number of benzene rings is 1. The number of rotatable bonds is 1. The molecule has 5 N–H and O–H groups in total. The van der Waals surface area contributed by atoms with Crippen LogP contribution in [-0.2, 0) is 5.72 Å². The predicted octanol–water partition coefficient (Wildman–Crippen LogP) is 0.528. The molecular weight excluding hydrogens is 352 g/mol. The molecular formula is C14H9BrN4O3. The molecule has 0 saturated heterocycles. The number of nitrogen functional groups attached to an aromatic ring is 1. The number of anilines is 1. The van der Waals surface area contributed by atoms with Gasteiger partial charge in [-0.15, -0.1) is 0 Å². The summed E-state index contributed by atoms with van der Waals surface area (Å²) in [6, 6.07) is 8.19. The Hall–Kier alpha value is -2.63. The Morgan fingerprint density at radius 1 is 1.27 bits per heavy atom. The molecule has 1 aromatic carbocycles. The first-order chi connectivity index (χ1) is 10.4. The van der Waals surface area contributed by atoms with Crippen molar-refractivity contribution in [2.75, 3.05) is 5.73 Å².